The van der Waals surface area contributed by atoms with Crippen LogP contribution in [0.15, 0.2) is 48.6 Å². The molecule has 0 aliphatic carbocycles. The van der Waals surface area contributed by atoms with Gasteiger partial charge < -0.3 is 0 Å². The molecule has 0 rings (SSSR count). The van der Waals surface area contributed by atoms with Crippen molar-refractivity contribution < 1.29 is 30.1 Å². The van der Waals surface area contributed by atoms with Crippen LogP contribution in [0.1, 0.15) is 27.7 Å². The van der Waals surface area contributed by atoms with Gasteiger partial charge in [0.25, 0.3) is 11.6 Å². The highest BCUT2D eigenvalue weighted by atomic mass is 17.3. The fourth-order valence-electron chi connectivity index (χ4n) is 1.47. The van der Waals surface area contributed by atoms with E-state index in [9.17, 15) is 0 Å². The summed E-state index contributed by atoms with van der Waals surface area (Å²) in [5, 5.41) is 18.2. The summed E-state index contributed by atoms with van der Waals surface area (Å²) in [5.74, 6) is -3.62. The van der Waals surface area contributed by atoms with E-state index in [0.29, 0.717) is 0 Å². The van der Waals surface area contributed by atoms with Gasteiger partial charge in [0.15, 0.2) is 0 Å². The fraction of sp³-hybridized carbons (Fsp3) is 0.429. The minimum Gasteiger partial charge on any atom is -0.248 e. The standard InChI is InChI=1S/C14H22O6/c1-9(2)13(17-15,10(3)4)19-20-14(18-16,11(5)6)12(7)8/h15-16H,1,3,5,7H2,2,4,6,8H3. The van der Waals surface area contributed by atoms with Crippen LogP contribution in [0.25, 0.3) is 0 Å². The Morgan fingerprint density at radius 3 is 0.950 bits per heavy atom. The van der Waals surface area contributed by atoms with Crippen LogP contribution in [-0.2, 0) is 19.6 Å². The van der Waals surface area contributed by atoms with Gasteiger partial charge in [-0.2, -0.15) is 19.6 Å². The summed E-state index contributed by atoms with van der Waals surface area (Å²) in [6, 6.07) is 0. The third-order valence-corrected chi connectivity index (χ3v) is 2.78. The van der Waals surface area contributed by atoms with E-state index < -0.39 is 11.6 Å². The van der Waals surface area contributed by atoms with E-state index in [-0.39, 0.29) is 22.3 Å². The molecule has 0 amide bonds. The van der Waals surface area contributed by atoms with Gasteiger partial charge in [0.1, 0.15) is 0 Å². The molecule has 0 radical (unpaired) electrons. The van der Waals surface area contributed by atoms with Gasteiger partial charge in [-0.05, 0) is 50.0 Å². The first-order valence-corrected chi connectivity index (χ1v) is 5.76. The molecule has 0 aliphatic heterocycles. The van der Waals surface area contributed by atoms with Crippen LogP contribution < -0.4 is 0 Å². The monoisotopic (exact) mass is 286 g/mol. The van der Waals surface area contributed by atoms with E-state index >= 15 is 0 Å². The summed E-state index contributed by atoms with van der Waals surface area (Å²) in [6.07, 6.45) is 0. The minimum absolute atomic E-state index is 0.266. The van der Waals surface area contributed by atoms with Gasteiger partial charge >= 0.3 is 0 Å². The maximum absolute atomic E-state index is 9.09. The highest BCUT2D eigenvalue weighted by molar-refractivity contribution is 5.23. The molecule has 0 aromatic rings. The van der Waals surface area contributed by atoms with Gasteiger partial charge in [-0.1, -0.05) is 26.3 Å². The molecule has 114 valence electrons. The second-order valence-corrected chi connectivity index (χ2v) is 4.70. The van der Waals surface area contributed by atoms with Gasteiger partial charge in [0.2, 0.25) is 0 Å². The zero-order chi connectivity index (χ0) is 16.1. The Labute approximate surface area is 119 Å². The minimum atomic E-state index is -1.81. The SMILES string of the molecule is C=C(C)C(OO)(OOC(OO)(C(=C)C)C(=C)C)C(=C)C. The van der Waals surface area contributed by atoms with E-state index in [0.717, 1.165) is 0 Å². The summed E-state index contributed by atoms with van der Waals surface area (Å²) >= 11 is 0. The lowest BCUT2D eigenvalue weighted by Crippen LogP contribution is -2.44. The first-order valence-electron chi connectivity index (χ1n) is 5.76. The Balaban J connectivity index is 5.48. The molecular formula is C14H22O6. The van der Waals surface area contributed by atoms with Crippen LogP contribution in [0, 0.1) is 0 Å². The van der Waals surface area contributed by atoms with Crippen LogP contribution in [0.2, 0.25) is 0 Å². The Bertz CT molecular complexity index is 355. The van der Waals surface area contributed by atoms with Crippen molar-refractivity contribution in [3.05, 3.63) is 48.6 Å². The van der Waals surface area contributed by atoms with Gasteiger partial charge in [-0.25, -0.2) is 10.5 Å². The lowest BCUT2D eigenvalue weighted by molar-refractivity contribution is -0.540. The Hall–Kier alpha value is -1.28. The molecule has 20 heavy (non-hydrogen) atoms. The highest BCUT2D eigenvalue weighted by Gasteiger charge is 2.44. The van der Waals surface area contributed by atoms with E-state index in [4.69, 9.17) is 20.3 Å². The largest absolute Gasteiger partial charge is 0.275 e. The molecule has 0 aliphatic rings. The van der Waals surface area contributed by atoms with Crippen LogP contribution in [0.5, 0.6) is 0 Å². The molecule has 0 atom stereocenters. The number of rotatable bonds is 9. The molecule has 6 heteroatoms. The summed E-state index contributed by atoms with van der Waals surface area (Å²) in [6.45, 7) is 20.7. The topological polar surface area (TPSA) is 77.4 Å². The summed E-state index contributed by atoms with van der Waals surface area (Å²) in [7, 11) is 0. The molecule has 0 aromatic carbocycles. The lowest BCUT2D eigenvalue weighted by atomic mass is 10.0. The normalized spacial score (nSPS) is 12.1. The molecule has 2 N–H and O–H groups in total. The maximum atomic E-state index is 9.09. The zero-order valence-corrected chi connectivity index (χ0v) is 12.4. The molecule has 0 unspecified atom stereocenters. The van der Waals surface area contributed by atoms with Gasteiger partial charge in [-0.15, -0.1) is 0 Å². The predicted octanol–water partition coefficient (Wildman–Crippen LogP) is 3.61. The molecule has 0 aromatic heterocycles. The number of hydrogen-bond donors (Lipinski definition) is 2. The lowest BCUT2D eigenvalue weighted by Gasteiger charge is -2.35. The van der Waals surface area contributed by atoms with E-state index in [2.05, 4.69) is 36.1 Å². The Morgan fingerprint density at radius 2 is 0.850 bits per heavy atom. The zero-order valence-electron chi connectivity index (χ0n) is 12.4. The first kappa shape index (κ1) is 18.7. The molecule has 0 fully saturated rings. The third kappa shape index (κ3) is 3.24. The first-order chi connectivity index (χ1) is 9.10. The average Bonchev–Trinajstić information content (AvgIpc) is 2.33. The quantitative estimate of drug-likeness (QED) is 0.292. The Kier molecular flexibility index (Phi) is 6.49. The molecule has 0 saturated heterocycles. The molecule has 0 spiro atoms. The second kappa shape index (κ2) is 6.94. The molecule has 0 heterocycles. The van der Waals surface area contributed by atoms with Crippen LogP contribution >= 0.6 is 0 Å². The Morgan fingerprint density at radius 1 is 0.650 bits per heavy atom. The second-order valence-electron chi connectivity index (χ2n) is 4.70. The average molecular weight is 286 g/mol. The fourth-order valence-corrected chi connectivity index (χ4v) is 1.47. The van der Waals surface area contributed by atoms with Gasteiger partial charge in [0.05, 0.1) is 0 Å². The highest BCUT2D eigenvalue weighted by Crippen LogP contribution is 2.35. The van der Waals surface area contributed by atoms with Crippen LogP contribution in [-0.4, -0.2) is 22.1 Å². The van der Waals surface area contributed by atoms with E-state index in [1.807, 2.05) is 0 Å². The molecule has 0 saturated carbocycles. The molecule has 6 nitrogen and oxygen atoms in total. The van der Waals surface area contributed by atoms with Gasteiger partial charge in [-0.3, -0.25) is 0 Å². The van der Waals surface area contributed by atoms with E-state index in [1.165, 1.54) is 27.7 Å². The smallest absolute Gasteiger partial charge is 0.248 e. The maximum Gasteiger partial charge on any atom is 0.275 e. The van der Waals surface area contributed by atoms with Crippen molar-refractivity contribution in [3.63, 3.8) is 0 Å². The van der Waals surface area contributed by atoms with Crippen LogP contribution in [0.3, 0.4) is 0 Å². The van der Waals surface area contributed by atoms with Crippen molar-refractivity contribution >= 4 is 0 Å². The predicted molar refractivity (Wildman–Crippen MR) is 74.3 cm³/mol. The van der Waals surface area contributed by atoms with E-state index in [1.54, 1.807) is 0 Å². The van der Waals surface area contributed by atoms with Crippen LogP contribution in [0.4, 0.5) is 0 Å². The summed E-state index contributed by atoms with van der Waals surface area (Å²) in [5.41, 5.74) is 1.07. The molecule has 0 bridgehead atoms. The molecular weight excluding hydrogens is 264 g/mol. The van der Waals surface area contributed by atoms with Crippen molar-refractivity contribution in [2.24, 2.45) is 0 Å². The van der Waals surface area contributed by atoms with Crippen molar-refractivity contribution in [1.82, 2.24) is 0 Å². The van der Waals surface area contributed by atoms with Gasteiger partial charge in [0, 0.05) is 0 Å². The summed E-state index contributed by atoms with van der Waals surface area (Å²) in [4.78, 5) is 18.8. The number of hydrogen-bond acceptors (Lipinski definition) is 6. The summed E-state index contributed by atoms with van der Waals surface area (Å²) < 4.78 is 0. The van der Waals surface area contributed by atoms with Crippen molar-refractivity contribution in [3.8, 4) is 0 Å². The van der Waals surface area contributed by atoms with Crippen molar-refractivity contribution in [2.75, 3.05) is 0 Å². The van der Waals surface area contributed by atoms with Crippen molar-refractivity contribution in [2.45, 2.75) is 39.3 Å². The third-order valence-electron chi connectivity index (χ3n) is 2.78. The van der Waals surface area contributed by atoms with Crippen molar-refractivity contribution in [1.29, 1.82) is 0 Å².